The number of aliphatic imine (C=N–C) groups is 1. The lowest BCUT2D eigenvalue weighted by Crippen LogP contribution is -2.48. The number of phenolic OH excluding ortho intramolecular Hbond substituents is 1. The number of amides is 2. The van der Waals surface area contributed by atoms with E-state index in [4.69, 9.17) is 38.2 Å². The van der Waals surface area contributed by atoms with Gasteiger partial charge >= 0.3 is 0 Å². The molecule has 13 nitrogen and oxygen atoms in total. The molecule has 2 aliphatic heterocycles. The molecule has 17 heteroatoms. The predicted octanol–water partition coefficient (Wildman–Crippen LogP) is 10.5. The van der Waals surface area contributed by atoms with Gasteiger partial charge in [-0.05, 0) is 98.5 Å². The van der Waals surface area contributed by atoms with Crippen LogP contribution in [0.4, 0.5) is 10.2 Å². The van der Waals surface area contributed by atoms with Gasteiger partial charge < -0.3 is 25.5 Å². The van der Waals surface area contributed by atoms with Gasteiger partial charge in [0.2, 0.25) is 11.8 Å². The number of benzene rings is 4. The summed E-state index contributed by atoms with van der Waals surface area (Å²) in [6.45, 7) is 13.3. The van der Waals surface area contributed by atoms with Crippen LogP contribution in [0.1, 0.15) is 90.0 Å². The van der Waals surface area contributed by atoms with E-state index >= 15 is 4.39 Å². The van der Waals surface area contributed by atoms with Crippen LogP contribution in [-0.2, 0) is 16.1 Å². The number of hydrogen-bond acceptors (Lipinski definition) is 11. The number of unbranched alkanes of at least 4 members (excludes halogenated alkanes) is 5. The number of carbonyl (C=O) groups is 2. The van der Waals surface area contributed by atoms with Crippen LogP contribution in [0.2, 0.25) is 10.0 Å². The van der Waals surface area contributed by atoms with Gasteiger partial charge in [0.15, 0.2) is 11.6 Å². The van der Waals surface area contributed by atoms with Crippen LogP contribution in [0.15, 0.2) is 84.4 Å². The summed E-state index contributed by atoms with van der Waals surface area (Å²) in [5.41, 5.74) is 4.69. The van der Waals surface area contributed by atoms with E-state index in [2.05, 4.69) is 45.8 Å². The third-order valence-electron chi connectivity index (χ3n) is 13.2. The molecule has 7 aromatic rings. The maximum absolute atomic E-state index is 17.0. The number of aryl methyl sites for hydroxylation is 2. The van der Waals surface area contributed by atoms with Crippen LogP contribution in [-0.4, -0.2) is 91.5 Å². The molecule has 2 aliphatic rings. The molecular formula is C53H55Cl2FN10O3S. The number of hydrogen-bond donors (Lipinski definition) is 3. The first-order valence-corrected chi connectivity index (χ1v) is 25.4. The molecule has 9 rings (SSSR count). The standard InChI is InChI=1S/C53H55Cl2FN10O3S/c1-5-45(69)64-22-24-65(25-23-64)51-40-28-41(55)47(39-27-37(67)26-35-14-10-11-15-38(35)39)48(56)50(40)60-43(61-51)30-57-20-12-8-6-7-9-13-21-58-44(68)29-42-52-63-62-33(4)66(52)53-46(31(2)32(3)70-53)49(59-42)34-16-18-36(54)19-17-34/h5,10-11,14-19,26-28,42,57,67H,1,6-9,12-13,20-25,29-30H2,2-4H3,(H,58,68). The number of carbonyl (C=O) groups excluding carboxylic acids is 2. The maximum atomic E-state index is 17.0. The van der Waals surface area contributed by atoms with E-state index in [1.807, 2.05) is 60.4 Å². The summed E-state index contributed by atoms with van der Waals surface area (Å²) in [4.78, 5) is 45.7. The summed E-state index contributed by atoms with van der Waals surface area (Å²) in [6.07, 6.45) is 7.36. The van der Waals surface area contributed by atoms with E-state index in [1.165, 1.54) is 17.0 Å². The molecule has 1 atom stereocenters. The number of anilines is 1. The minimum atomic E-state index is -0.594. The largest absolute Gasteiger partial charge is 0.508 e. The number of aromatic nitrogens is 5. The summed E-state index contributed by atoms with van der Waals surface area (Å²) < 4.78 is 19.0. The Labute approximate surface area is 420 Å². The Balaban J connectivity index is 0.786. The highest BCUT2D eigenvalue weighted by Crippen LogP contribution is 2.43. The number of nitrogens with one attached hydrogen (secondary N) is 2. The fourth-order valence-corrected chi connectivity index (χ4v) is 11.1. The minimum absolute atomic E-state index is 0.00124. The van der Waals surface area contributed by atoms with Crippen molar-refractivity contribution in [2.45, 2.75) is 78.3 Å². The van der Waals surface area contributed by atoms with Crippen molar-refractivity contribution in [3.05, 3.63) is 134 Å². The Morgan fingerprint density at radius 3 is 2.37 bits per heavy atom. The van der Waals surface area contributed by atoms with Gasteiger partial charge in [0.1, 0.15) is 39.8 Å². The van der Waals surface area contributed by atoms with E-state index in [0.29, 0.717) is 72.7 Å². The molecule has 1 unspecified atom stereocenters. The number of phenols is 1. The van der Waals surface area contributed by atoms with E-state index < -0.39 is 11.9 Å². The average Bonchev–Trinajstić information content (AvgIpc) is 3.84. The third-order valence-corrected chi connectivity index (χ3v) is 15.0. The molecule has 0 radical (unpaired) electrons. The van der Waals surface area contributed by atoms with Crippen molar-refractivity contribution in [1.82, 2.24) is 40.3 Å². The lowest BCUT2D eigenvalue weighted by molar-refractivity contribution is -0.126. The number of nitrogens with zero attached hydrogens (tertiary/aromatic N) is 8. The van der Waals surface area contributed by atoms with Crippen molar-refractivity contribution in [1.29, 1.82) is 0 Å². The molecule has 3 aromatic heterocycles. The van der Waals surface area contributed by atoms with E-state index in [9.17, 15) is 14.7 Å². The van der Waals surface area contributed by atoms with Crippen molar-refractivity contribution in [2.24, 2.45) is 4.99 Å². The SMILES string of the molecule is C=CC(=O)N1CCN(c2nc(CNCCCCCCCCNC(=O)CC3N=C(c4ccc(Cl)cc4)c4c(sc(C)c4C)-n4c(C)nnc43)nc3c(F)c(-c4cc(O)cc5ccccc45)c(Cl)cc23)CC1. The molecule has 1 saturated heterocycles. The first-order valence-electron chi connectivity index (χ1n) is 23.8. The first kappa shape index (κ1) is 48.8. The van der Waals surface area contributed by atoms with Crippen molar-refractivity contribution < 1.29 is 19.1 Å². The Morgan fingerprint density at radius 2 is 1.61 bits per heavy atom. The highest BCUT2D eigenvalue weighted by atomic mass is 35.5. The zero-order valence-corrected chi connectivity index (χ0v) is 41.8. The molecule has 4 aromatic carbocycles. The zero-order valence-electron chi connectivity index (χ0n) is 39.5. The van der Waals surface area contributed by atoms with Crippen LogP contribution in [0.25, 0.3) is 37.8 Å². The van der Waals surface area contributed by atoms with Crippen molar-refractivity contribution in [3.63, 3.8) is 0 Å². The number of piperazine rings is 1. The number of halogens is 3. The van der Waals surface area contributed by atoms with Crippen molar-refractivity contribution in [3.8, 4) is 21.9 Å². The molecule has 0 saturated carbocycles. The van der Waals surface area contributed by atoms with Gasteiger partial charge in [-0.3, -0.25) is 19.1 Å². The van der Waals surface area contributed by atoms with Crippen LogP contribution in [0.3, 0.4) is 0 Å². The summed E-state index contributed by atoms with van der Waals surface area (Å²) in [6, 6.07) is 19.5. The second-order valence-electron chi connectivity index (χ2n) is 17.9. The monoisotopic (exact) mass is 1000 g/mol. The van der Waals surface area contributed by atoms with Gasteiger partial charge in [0.05, 0.1) is 23.7 Å². The molecule has 0 spiro atoms. The van der Waals surface area contributed by atoms with E-state index in [-0.39, 0.29) is 40.1 Å². The predicted molar refractivity (Wildman–Crippen MR) is 278 cm³/mol. The third kappa shape index (κ3) is 10.2. The molecule has 1 fully saturated rings. The first-order chi connectivity index (χ1) is 33.9. The lowest BCUT2D eigenvalue weighted by Gasteiger charge is -2.35. The Bertz CT molecular complexity index is 3150. The van der Waals surface area contributed by atoms with Gasteiger partial charge in [0, 0.05) is 64.7 Å². The lowest BCUT2D eigenvalue weighted by atomic mass is 9.96. The van der Waals surface area contributed by atoms with Crippen LogP contribution in [0.5, 0.6) is 5.75 Å². The maximum Gasteiger partial charge on any atom is 0.246 e. The molecule has 3 N–H and O–H groups in total. The Hall–Kier alpha value is -6.26. The fraction of sp³-hybridized carbons (Fsp3) is 0.340. The highest BCUT2D eigenvalue weighted by molar-refractivity contribution is 7.15. The topological polar surface area (TPSA) is 154 Å². The number of rotatable bonds is 17. The minimum Gasteiger partial charge on any atom is -0.508 e. The Kier molecular flexibility index (Phi) is 14.9. The molecule has 5 heterocycles. The normalized spacial score (nSPS) is 14.7. The summed E-state index contributed by atoms with van der Waals surface area (Å²) >= 11 is 14.9. The van der Waals surface area contributed by atoms with Crippen molar-refractivity contribution >= 4 is 79.6 Å². The van der Waals surface area contributed by atoms with Gasteiger partial charge in [-0.25, -0.2) is 14.4 Å². The number of thiophene rings is 1. The Morgan fingerprint density at radius 1 is 0.886 bits per heavy atom. The van der Waals surface area contributed by atoms with Gasteiger partial charge in [0.25, 0.3) is 0 Å². The second kappa shape index (κ2) is 21.4. The summed E-state index contributed by atoms with van der Waals surface area (Å²) in [5, 5.41) is 30.0. The number of aromatic hydroxyl groups is 1. The van der Waals surface area contributed by atoms with Crippen LogP contribution < -0.4 is 15.5 Å². The van der Waals surface area contributed by atoms with Crippen LogP contribution in [0, 0.1) is 26.6 Å². The fourth-order valence-electron chi connectivity index (χ4n) is 9.45. The van der Waals surface area contributed by atoms with Gasteiger partial charge in [-0.2, -0.15) is 0 Å². The second-order valence-corrected chi connectivity index (χ2v) is 19.9. The summed E-state index contributed by atoms with van der Waals surface area (Å²) in [5.74, 6) is 1.60. The van der Waals surface area contributed by atoms with Crippen molar-refractivity contribution in [2.75, 3.05) is 44.2 Å². The molecule has 2 amide bonds. The summed E-state index contributed by atoms with van der Waals surface area (Å²) in [7, 11) is 0. The van der Waals surface area contributed by atoms with E-state index in [1.54, 1.807) is 28.4 Å². The molecule has 70 heavy (non-hydrogen) atoms. The van der Waals surface area contributed by atoms with Crippen LogP contribution >= 0.6 is 34.5 Å². The molecule has 0 bridgehead atoms. The highest BCUT2D eigenvalue weighted by Gasteiger charge is 2.33. The zero-order chi connectivity index (χ0) is 49.1. The number of fused-ring (bicyclic) bond motifs is 5. The van der Waals surface area contributed by atoms with Gasteiger partial charge in [-0.15, -0.1) is 21.5 Å². The molecule has 362 valence electrons. The molecule has 0 aliphatic carbocycles. The average molecular weight is 1000 g/mol. The van der Waals surface area contributed by atoms with E-state index in [0.717, 1.165) is 89.1 Å². The molecular weight excluding hydrogens is 947 g/mol. The van der Waals surface area contributed by atoms with Gasteiger partial charge in [-0.1, -0.05) is 91.9 Å². The smallest absolute Gasteiger partial charge is 0.246 e. The quantitative estimate of drug-likeness (QED) is 0.0598.